The molecule has 0 bridgehead atoms. The van der Waals surface area contributed by atoms with Crippen LogP contribution in [0.5, 0.6) is 0 Å². The summed E-state index contributed by atoms with van der Waals surface area (Å²) in [6.07, 6.45) is 7.38. The van der Waals surface area contributed by atoms with Crippen molar-refractivity contribution in [2.45, 2.75) is 32.6 Å². The summed E-state index contributed by atoms with van der Waals surface area (Å²) in [5, 5.41) is 6.60. The molecule has 0 aliphatic heterocycles. The summed E-state index contributed by atoms with van der Waals surface area (Å²) in [7, 11) is 0. The smallest absolute Gasteiger partial charge is 0.128 e. The number of hydrogen-bond donors (Lipinski definition) is 2. The molecule has 0 aliphatic carbocycles. The molecule has 0 radical (unpaired) electrons. The highest BCUT2D eigenvalue weighted by Crippen LogP contribution is 2.09. The number of thioether (sulfide) groups is 1. The van der Waals surface area contributed by atoms with E-state index in [2.05, 4.69) is 28.8 Å². The van der Waals surface area contributed by atoms with Crippen LogP contribution in [0.1, 0.15) is 32.6 Å². The van der Waals surface area contributed by atoms with Gasteiger partial charge in [0.1, 0.15) is 11.6 Å². The predicted molar refractivity (Wildman–Crippen MR) is 83.7 cm³/mol. The van der Waals surface area contributed by atoms with Crippen LogP contribution in [0, 0.1) is 0 Å². The molecule has 1 aromatic heterocycles. The third kappa shape index (κ3) is 6.74. The number of nitrogens with zero attached hydrogens (tertiary/aromatic N) is 1. The monoisotopic (exact) mass is 267 g/mol. The van der Waals surface area contributed by atoms with E-state index in [0.29, 0.717) is 0 Å². The molecular weight excluding hydrogens is 242 g/mol. The first-order valence-electron chi connectivity index (χ1n) is 6.80. The summed E-state index contributed by atoms with van der Waals surface area (Å²) < 4.78 is 0. The first kappa shape index (κ1) is 15.2. The van der Waals surface area contributed by atoms with Crippen LogP contribution in [0.25, 0.3) is 0 Å². The average Bonchev–Trinajstić information content (AvgIpc) is 2.39. The van der Waals surface area contributed by atoms with Gasteiger partial charge < -0.3 is 10.6 Å². The Bertz CT molecular complexity index is 318. The van der Waals surface area contributed by atoms with E-state index in [1.54, 1.807) is 0 Å². The molecule has 0 saturated heterocycles. The summed E-state index contributed by atoms with van der Waals surface area (Å²) >= 11 is 1.94. The van der Waals surface area contributed by atoms with E-state index >= 15 is 0 Å². The van der Waals surface area contributed by atoms with Gasteiger partial charge in [-0.2, -0.15) is 11.8 Å². The fraction of sp³-hybridized carbons (Fsp3) is 0.643. The summed E-state index contributed by atoms with van der Waals surface area (Å²) in [6, 6.07) is 6.05. The molecule has 1 heterocycles. The normalized spacial score (nSPS) is 10.3. The van der Waals surface area contributed by atoms with E-state index < -0.39 is 0 Å². The Morgan fingerprint density at radius 3 is 2.50 bits per heavy atom. The van der Waals surface area contributed by atoms with E-state index in [1.165, 1.54) is 31.4 Å². The molecule has 4 heteroatoms. The van der Waals surface area contributed by atoms with Crippen LogP contribution in [0.4, 0.5) is 11.6 Å². The van der Waals surface area contributed by atoms with Gasteiger partial charge >= 0.3 is 0 Å². The molecule has 0 amide bonds. The van der Waals surface area contributed by atoms with Gasteiger partial charge in [0.25, 0.3) is 0 Å². The Hall–Kier alpha value is -0.900. The molecule has 0 aromatic carbocycles. The second kappa shape index (κ2) is 10.1. The van der Waals surface area contributed by atoms with Gasteiger partial charge in [-0.3, -0.25) is 0 Å². The van der Waals surface area contributed by atoms with Gasteiger partial charge in [-0.1, -0.05) is 18.9 Å². The summed E-state index contributed by atoms with van der Waals surface area (Å²) in [6.45, 7) is 4.00. The number of pyridine rings is 1. The van der Waals surface area contributed by atoms with Crippen molar-refractivity contribution < 1.29 is 0 Å². The maximum atomic E-state index is 4.48. The van der Waals surface area contributed by atoms with Gasteiger partial charge in [-0.25, -0.2) is 4.98 Å². The molecule has 0 spiro atoms. The van der Waals surface area contributed by atoms with E-state index in [1.807, 2.05) is 30.0 Å². The largest absolute Gasteiger partial charge is 0.370 e. The zero-order valence-electron chi connectivity index (χ0n) is 11.5. The number of nitrogens with one attached hydrogen (secondary N) is 2. The van der Waals surface area contributed by atoms with Crippen LogP contribution in [0.3, 0.4) is 0 Å². The van der Waals surface area contributed by atoms with E-state index in [0.717, 1.165) is 24.7 Å². The van der Waals surface area contributed by atoms with Crippen molar-refractivity contribution in [3.8, 4) is 0 Å². The summed E-state index contributed by atoms with van der Waals surface area (Å²) in [5.74, 6) is 3.21. The van der Waals surface area contributed by atoms with Crippen molar-refractivity contribution in [2.75, 3.05) is 35.7 Å². The van der Waals surface area contributed by atoms with Crippen molar-refractivity contribution >= 4 is 23.4 Å². The summed E-state index contributed by atoms with van der Waals surface area (Å²) in [5.41, 5.74) is 0. The van der Waals surface area contributed by atoms with E-state index in [9.17, 15) is 0 Å². The molecule has 0 aliphatic rings. The number of anilines is 2. The lowest BCUT2D eigenvalue weighted by Gasteiger charge is -2.08. The summed E-state index contributed by atoms with van der Waals surface area (Å²) in [4.78, 5) is 4.48. The molecule has 1 rings (SSSR count). The quantitative estimate of drug-likeness (QED) is 0.631. The highest BCUT2D eigenvalue weighted by molar-refractivity contribution is 7.98. The van der Waals surface area contributed by atoms with Crippen LogP contribution < -0.4 is 10.6 Å². The van der Waals surface area contributed by atoms with Crippen LogP contribution in [0.15, 0.2) is 18.2 Å². The van der Waals surface area contributed by atoms with Gasteiger partial charge in [0.2, 0.25) is 0 Å². The minimum atomic E-state index is 0.909. The van der Waals surface area contributed by atoms with Crippen LogP contribution in [-0.2, 0) is 0 Å². The van der Waals surface area contributed by atoms with Crippen molar-refractivity contribution in [3.63, 3.8) is 0 Å². The molecule has 0 saturated carbocycles. The maximum absolute atomic E-state index is 4.48. The van der Waals surface area contributed by atoms with Gasteiger partial charge in [0, 0.05) is 13.1 Å². The topological polar surface area (TPSA) is 37.0 Å². The van der Waals surface area contributed by atoms with Gasteiger partial charge in [-0.15, -0.1) is 0 Å². The SMILES string of the molecule is CCNc1cccc(NCCCCCCSC)n1. The second-order valence-electron chi connectivity index (χ2n) is 4.27. The lowest BCUT2D eigenvalue weighted by Crippen LogP contribution is -2.05. The first-order valence-corrected chi connectivity index (χ1v) is 8.20. The fourth-order valence-corrected chi connectivity index (χ4v) is 2.25. The minimum absolute atomic E-state index is 0.909. The van der Waals surface area contributed by atoms with Crippen LogP contribution in [-0.4, -0.2) is 30.1 Å². The predicted octanol–water partition coefficient (Wildman–Crippen LogP) is 3.85. The van der Waals surface area contributed by atoms with Crippen LogP contribution in [0.2, 0.25) is 0 Å². The Morgan fingerprint density at radius 1 is 1.06 bits per heavy atom. The molecule has 102 valence electrons. The number of hydrogen-bond acceptors (Lipinski definition) is 4. The van der Waals surface area contributed by atoms with Crippen LogP contribution >= 0.6 is 11.8 Å². The zero-order valence-corrected chi connectivity index (χ0v) is 12.4. The molecule has 0 fully saturated rings. The molecule has 1 aromatic rings. The Kier molecular flexibility index (Phi) is 8.47. The van der Waals surface area contributed by atoms with Gasteiger partial charge in [0.15, 0.2) is 0 Å². The van der Waals surface area contributed by atoms with Gasteiger partial charge in [0.05, 0.1) is 0 Å². The lowest BCUT2D eigenvalue weighted by atomic mass is 10.2. The standard InChI is InChI=1S/C14H25N3S/c1-3-15-13-9-8-10-14(17-13)16-11-6-4-5-7-12-18-2/h8-10H,3-7,11-12H2,1-2H3,(H2,15,16,17). The molecule has 2 N–H and O–H groups in total. The second-order valence-corrected chi connectivity index (χ2v) is 5.26. The molecule has 18 heavy (non-hydrogen) atoms. The van der Waals surface area contributed by atoms with Crippen molar-refractivity contribution in [1.82, 2.24) is 4.98 Å². The number of aromatic nitrogens is 1. The molecule has 3 nitrogen and oxygen atoms in total. The van der Waals surface area contributed by atoms with Gasteiger partial charge in [-0.05, 0) is 43.9 Å². The third-order valence-electron chi connectivity index (χ3n) is 2.69. The Morgan fingerprint density at radius 2 is 1.78 bits per heavy atom. The highest BCUT2D eigenvalue weighted by Gasteiger charge is 1.96. The Labute approximate surface area is 115 Å². The number of unbranched alkanes of at least 4 members (excludes halogenated alkanes) is 3. The zero-order chi connectivity index (χ0) is 13.1. The van der Waals surface area contributed by atoms with Crippen molar-refractivity contribution in [3.05, 3.63) is 18.2 Å². The number of rotatable bonds is 10. The van der Waals surface area contributed by atoms with E-state index in [-0.39, 0.29) is 0 Å². The lowest BCUT2D eigenvalue weighted by molar-refractivity contribution is 0.688. The molecule has 0 unspecified atom stereocenters. The van der Waals surface area contributed by atoms with Crippen molar-refractivity contribution in [1.29, 1.82) is 0 Å². The maximum Gasteiger partial charge on any atom is 0.128 e. The van der Waals surface area contributed by atoms with E-state index in [4.69, 9.17) is 0 Å². The Balaban J connectivity index is 2.13. The molecule has 0 atom stereocenters. The molecular formula is C14H25N3S. The minimum Gasteiger partial charge on any atom is -0.370 e. The fourth-order valence-electron chi connectivity index (χ4n) is 1.75. The average molecular weight is 267 g/mol. The van der Waals surface area contributed by atoms with Crippen molar-refractivity contribution in [2.24, 2.45) is 0 Å². The first-order chi connectivity index (χ1) is 8.86. The highest BCUT2D eigenvalue weighted by atomic mass is 32.2. The third-order valence-corrected chi connectivity index (χ3v) is 3.39.